The lowest BCUT2D eigenvalue weighted by Crippen LogP contribution is -2.57. The van der Waals surface area contributed by atoms with Crippen LogP contribution in [0.3, 0.4) is 0 Å². The van der Waals surface area contributed by atoms with Crippen molar-refractivity contribution in [3.8, 4) is 0 Å². The molecule has 4 atom stereocenters. The molecule has 0 aromatic rings. The van der Waals surface area contributed by atoms with E-state index in [9.17, 15) is 29.1 Å². The van der Waals surface area contributed by atoms with Crippen molar-refractivity contribution in [3.05, 3.63) is 0 Å². The van der Waals surface area contributed by atoms with E-state index in [4.69, 9.17) is 28.0 Å². The minimum atomic E-state index is -1.26. The second-order valence-electron chi connectivity index (χ2n) is 8.91. The minimum Gasteiger partial charge on any atom is -0.481 e. The maximum absolute atomic E-state index is 13.0. The first-order valence-corrected chi connectivity index (χ1v) is 12.8. The van der Waals surface area contributed by atoms with Gasteiger partial charge in [0.05, 0.1) is 6.04 Å². The Labute approximate surface area is 217 Å². The standard InChI is InChI=1S/C23H45N7O7/c24-12-4-1-7-15(27)20(33)28-17(10-11-19(31)32)22(35)29-16(8-2-5-13-25)21(34)30-18(23(36)37)9-3-6-14-26/h15-18H,1-14,24-27H2,(H,28,33)(H,29,35)(H,30,34)(H,31,32)(H,36,37). The molecule has 0 spiro atoms. The van der Waals surface area contributed by atoms with Crippen LogP contribution in [0.2, 0.25) is 0 Å². The summed E-state index contributed by atoms with van der Waals surface area (Å²) >= 11 is 0. The lowest BCUT2D eigenvalue weighted by Gasteiger charge is -2.25. The van der Waals surface area contributed by atoms with Gasteiger partial charge in [-0.1, -0.05) is 6.42 Å². The van der Waals surface area contributed by atoms with Crippen LogP contribution < -0.4 is 38.9 Å². The average molecular weight is 532 g/mol. The van der Waals surface area contributed by atoms with Crippen LogP contribution in [-0.2, 0) is 24.0 Å². The largest absolute Gasteiger partial charge is 0.481 e. The average Bonchev–Trinajstić information content (AvgIpc) is 2.84. The molecule has 4 unspecified atom stereocenters. The van der Waals surface area contributed by atoms with Gasteiger partial charge in [-0.15, -0.1) is 0 Å². The van der Waals surface area contributed by atoms with Gasteiger partial charge in [-0.25, -0.2) is 4.79 Å². The fourth-order valence-electron chi connectivity index (χ4n) is 3.51. The number of aliphatic carboxylic acids is 2. The Balaban J connectivity index is 5.48. The summed E-state index contributed by atoms with van der Waals surface area (Å²) in [6, 6.07) is -4.45. The van der Waals surface area contributed by atoms with Crippen LogP contribution in [0.15, 0.2) is 0 Å². The molecule has 0 aromatic carbocycles. The molecule has 0 aromatic heterocycles. The molecule has 0 saturated carbocycles. The molecule has 0 aliphatic carbocycles. The molecule has 0 heterocycles. The third-order valence-electron chi connectivity index (χ3n) is 5.73. The second-order valence-corrected chi connectivity index (χ2v) is 8.91. The number of carboxylic acids is 2. The smallest absolute Gasteiger partial charge is 0.326 e. The van der Waals surface area contributed by atoms with Crippen LogP contribution >= 0.6 is 0 Å². The van der Waals surface area contributed by atoms with Crippen LogP contribution in [0.4, 0.5) is 0 Å². The van der Waals surface area contributed by atoms with Gasteiger partial charge in [0.2, 0.25) is 17.7 Å². The molecule has 14 nitrogen and oxygen atoms in total. The van der Waals surface area contributed by atoms with Crippen LogP contribution in [0.5, 0.6) is 0 Å². The first-order valence-electron chi connectivity index (χ1n) is 12.8. The van der Waals surface area contributed by atoms with Crippen molar-refractivity contribution in [2.24, 2.45) is 22.9 Å². The van der Waals surface area contributed by atoms with E-state index >= 15 is 0 Å². The number of hydrogen-bond acceptors (Lipinski definition) is 9. The number of carboxylic acid groups (broad SMARTS) is 2. The lowest BCUT2D eigenvalue weighted by molar-refractivity contribution is -0.142. The lowest BCUT2D eigenvalue weighted by atomic mass is 10.0. The van der Waals surface area contributed by atoms with E-state index in [1.165, 1.54) is 0 Å². The highest BCUT2D eigenvalue weighted by atomic mass is 16.4. The molecule has 0 aliphatic heterocycles. The summed E-state index contributed by atoms with van der Waals surface area (Å²) in [6.07, 6.45) is 3.44. The van der Waals surface area contributed by atoms with Crippen molar-refractivity contribution in [1.82, 2.24) is 16.0 Å². The molecule has 13 N–H and O–H groups in total. The van der Waals surface area contributed by atoms with Crippen molar-refractivity contribution < 1.29 is 34.2 Å². The van der Waals surface area contributed by atoms with Crippen molar-refractivity contribution in [1.29, 1.82) is 0 Å². The molecule has 0 rings (SSSR count). The molecule has 0 saturated heterocycles. The Hall–Kier alpha value is -2.81. The predicted molar refractivity (Wildman–Crippen MR) is 137 cm³/mol. The van der Waals surface area contributed by atoms with Gasteiger partial charge in [0.1, 0.15) is 18.1 Å². The molecule has 0 fully saturated rings. The zero-order valence-corrected chi connectivity index (χ0v) is 21.5. The van der Waals surface area contributed by atoms with Crippen LogP contribution in [0.25, 0.3) is 0 Å². The fraction of sp³-hybridized carbons (Fsp3) is 0.783. The Bertz CT molecular complexity index is 724. The summed E-state index contributed by atoms with van der Waals surface area (Å²) in [5.41, 5.74) is 22.3. The molecular formula is C23H45N7O7. The van der Waals surface area contributed by atoms with E-state index < -0.39 is 60.2 Å². The summed E-state index contributed by atoms with van der Waals surface area (Å²) in [4.78, 5) is 61.2. The molecule has 214 valence electrons. The van der Waals surface area contributed by atoms with Gasteiger partial charge in [-0.05, 0) is 77.4 Å². The molecule has 0 radical (unpaired) electrons. The van der Waals surface area contributed by atoms with Crippen molar-refractivity contribution >= 4 is 29.7 Å². The normalized spacial score (nSPS) is 14.2. The number of rotatable bonds is 22. The summed E-state index contributed by atoms with van der Waals surface area (Å²) in [6.45, 7) is 1.19. The van der Waals surface area contributed by atoms with Gasteiger partial charge < -0.3 is 49.1 Å². The number of nitrogens with one attached hydrogen (secondary N) is 3. The van der Waals surface area contributed by atoms with Gasteiger partial charge in [0.25, 0.3) is 0 Å². The van der Waals surface area contributed by atoms with Crippen LogP contribution in [0.1, 0.15) is 70.6 Å². The molecule has 0 aliphatic rings. The highest BCUT2D eigenvalue weighted by Gasteiger charge is 2.30. The van der Waals surface area contributed by atoms with E-state index in [0.29, 0.717) is 64.6 Å². The van der Waals surface area contributed by atoms with Gasteiger partial charge in [-0.3, -0.25) is 19.2 Å². The summed E-state index contributed by atoms with van der Waals surface area (Å²) in [7, 11) is 0. The summed E-state index contributed by atoms with van der Waals surface area (Å²) in [5.74, 6) is -4.48. The van der Waals surface area contributed by atoms with Crippen molar-refractivity contribution in [2.45, 2.75) is 94.8 Å². The first-order chi connectivity index (χ1) is 17.6. The SMILES string of the molecule is NCCCCC(N)C(=O)NC(CCC(=O)O)C(=O)NC(CCCCN)C(=O)NC(CCCCN)C(=O)O. The Kier molecular flexibility index (Phi) is 18.7. The predicted octanol–water partition coefficient (Wildman–Crippen LogP) is -1.90. The summed E-state index contributed by atoms with van der Waals surface area (Å²) in [5, 5.41) is 26.0. The van der Waals surface area contributed by atoms with Gasteiger partial charge in [-0.2, -0.15) is 0 Å². The Morgan fingerprint density at radius 2 is 0.973 bits per heavy atom. The number of unbranched alkanes of at least 4 members (excludes halogenated alkanes) is 3. The van der Waals surface area contributed by atoms with Crippen LogP contribution in [0, 0.1) is 0 Å². The highest BCUT2D eigenvalue weighted by molar-refractivity contribution is 5.94. The summed E-state index contributed by atoms with van der Waals surface area (Å²) < 4.78 is 0. The van der Waals surface area contributed by atoms with E-state index in [1.807, 2.05) is 0 Å². The number of hydrogen-bond donors (Lipinski definition) is 9. The maximum Gasteiger partial charge on any atom is 0.326 e. The number of amides is 3. The van der Waals surface area contributed by atoms with E-state index in [0.717, 1.165) is 0 Å². The van der Waals surface area contributed by atoms with Gasteiger partial charge >= 0.3 is 11.9 Å². The number of nitrogens with two attached hydrogens (primary N) is 4. The minimum absolute atomic E-state index is 0.168. The van der Waals surface area contributed by atoms with Gasteiger partial charge in [0, 0.05) is 6.42 Å². The van der Waals surface area contributed by atoms with Gasteiger partial charge in [0.15, 0.2) is 0 Å². The Morgan fingerprint density at radius 3 is 1.43 bits per heavy atom. The van der Waals surface area contributed by atoms with E-state index in [1.54, 1.807) is 0 Å². The Morgan fingerprint density at radius 1 is 0.568 bits per heavy atom. The zero-order chi connectivity index (χ0) is 28.2. The van der Waals surface area contributed by atoms with Crippen molar-refractivity contribution in [3.63, 3.8) is 0 Å². The first kappa shape index (κ1) is 34.2. The van der Waals surface area contributed by atoms with E-state index in [2.05, 4.69) is 16.0 Å². The van der Waals surface area contributed by atoms with E-state index in [-0.39, 0.29) is 19.3 Å². The maximum atomic E-state index is 13.0. The molecule has 0 bridgehead atoms. The molecule has 37 heavy (non-hydrogen) atoms. The number of carbonyl (C=O) groups is 5. The number of carbonyl (C=O) groups excluding carboxylic acids is 3. The third-order valence-corrected chi connectivity index (χ3v) is 5.73. The second kappa shape index (κ2) is 20.3. The molecular weight excluding hydrogens is 486 g/mol. The third kappa shape index (κ3) is 15.8. The highest BCUT2D eigenvalue weighted by Crippen LogP contribution is 2.08. The zero-order valence-electron chi connectivity index (χ0n) is 21.5. The fourth-order valence-corrected chi connectivity index (χ4v) is 3.51. The topological polar surface area (TPSA) is 266 Å². The van der Waals surface area contributed by atoms with Crippen molar-refractivity contribution in [2.75, 3.05) is 19.6 Å². The molecule has 14 heteroatoms. The quantitative estimate of drug-likeness (QED) is 0.0696. The monoisotopic (exact) mass is 531 g/mol. The van der Waals surface area contributed by atoms with Crippen LogP contribution in [-0.4, -0.2) is 83.7 Å². The molecule has 3 amide bonds.